The van der Waals surface area contributed by atoms with E-state index in [1.54, 1.807) is 18.9 Å². The van der Waals surface area contributed by atoms with Crippen molar-refractivity contribution in [1.82, 2.24) is 20.4 Å². The number of urea groups is 1. The van der Waals surface area contributed by atoms with Crippen LogP contribution in [-0.4, -0.2) is 60.4 Å². The number of likely N-dealkylation sites (N-methyl/N-ethyl adjacent to an activating group) is 1. The first-order valence-electron chi connectivity index (χ1n) is 8.50. The van der Waals surface area contributed by atoms with Gasteiger partial charge in [-0.2, -0.15) is 0 Å². The van der Waals surface area contributed by atoms with Gasteiger partial charge in [0, 0.05) is 19.6 Å². The van der Waals surface area contributed by atoms with Gasteiger partial charge in [-0.1, -0.05) is 29.8 Å². The number of nitrogens with zero attached hydrogens (tertiary/aromatic N) is 2. The molecule has 0 aliphatic carbocycles. The molecule has 0 spiro atoms. The predicted molar refractivity (Wildman–Crippen MR) is 92.8 cm³/mol. The highest BCUT2D eigenvalue weighted by Gasteiger charge is 2.49. The van der Waals surface area contributed by atoms with Gasteiger partial charge in [-0.15, -0.1) is 0 Å². The van der Waals surface area contributed by atoms with Gasteiger partial charge in [0.15, 0.2) is 0 Å². The van der Waals surface area contributed by atoms with Crippen molar-refractivity contribution in [2.24, 2.45) is 0 Å². The van der Waals surface area contributed by atoms with Crippen molar-refractivity contribution in [2.75, 3.05) is 26.7 Å². The fourth-order valence-corrected chi connectivity index (χ4v) is 3.34. The number of carbonyl (C=O) groups is 3. The summed E-state index contributed by atoms with van der Waals surface area (Å²) in [6.07, 6.45) is 0.878. The third kappa shape index (κ3) is 3.11. The van der Waals surface area contributed by atoms with Gasteiger partial charge in [0.2, 0.25) is 5.91 Å². The average Bonchev–Trinajstić information content (AvgIpc) is 3.19. The zero-order valence-corrected chi connectivity index (χ0v) is 14.8. The molecule has 2 N–H and O–H groups in total. The van der Waals surface area contributed by atoms with Crippen molar-refractivity contribution in [3.05, 3.63) is 35.4 Å². The Bertz CT molecular complexity index is 697. The van der Waals surface area contributed by atoms with Crippen molar-refractivity contribution < 1.29 is 14.4 Å². The van der Waals surface area contributed by atoms with Crippen LogP contribution in [0, 0.1) is 6.92 Å². The van der Waals surface area contributed by atoms with Gasteiger partial charge in [-0.05, 0) is 32.4 Å². The molecule has 2 heterocycles. The number of nitrogens with one attached hydrogen (secondary N) is 2. The van der Waals surface area contributed by atoms with E-state index in [9.17, 15) is 14.4 Å². The van der Waals surface area contributed by atoms with Crippen LogP contribution in [0.4, 0.5) is 4.79 Å². The van der Waals surface area contributed by atoms with E-state index in [0.717, 1.165) is 30.0 Å². The lowest BCUT2D eigenvalue weighted by Gasteiger charge is -2.26. The van der Waals surface area contributed by atoms with Crippen LogP contribution >= 0.6 is 0 Å². The highest BCUT2D eigenvalue weighted by molar-refractivity contribution is 6.09. The Morgan fingerprint density at radius 1 is 1.32 bits per heavy atom. The molecular formula is C18H24N4O3. The summed E-state index contributed by atoms with van der Waals surface area (Å²) < 4.78 is 0. The Labute approximate surface area is 147 Å². The van der Waals surface area contributed by atoms with Gasteiger partial charge >= 0.3 is 6.03 Å². The molecule has 2 aliphatic heterocycles. The summed E-state index contributed by atoms with van der Waals surface area (Å²) in [6, 6.07) is 7.03. The number of carbonyl (C=O) groups excluding carboxylic acids is 3. The Hall–Kier alpha value is -2.41. The van der Waals surface area contributed by atoms with Crippen LogP contribution in [0.15, 0.2) is 24.3 Å². The van der Waals surface area contributed by atoms with E-state index in [-0.39, 0.29) is 18.5 Å². The maximum atomic E-state index is 12.9. The van der Waals surface area contributed by atoms with Gasteiger partial charge in [-0.25, -0.2) is 4.79 Å². The molecule has 1 aromatic rings. The highest BCUT2D eigenvalue weighted by atomic mass is 16.2. The van der Waals surface area contributed by atoms with Crippen LogP contribution in [0.1, 0.15) is 24.5 Å². The van der Waals surface area contributed by atoms with Crippen molar-refractivity contribution in [3.8, 4) is 0 Å². The average molecular weight is 344 g/mol. The molecule has 0 bridgehead atoms. The number of amides is 4. The van der Waals surface area contributed by atoms with Crippen LogP contribution < -0.4 is 10.6 Å². The number of hydrogen-bond donors (Lipinski definition) is 2. The molecule has 0 aromatic heterocycles. The summed E-state index contributed by atoms with van der Waals surface area (Å²) in [6.45, 7) is 5.01. The monoisotopic (exact) mass is 344 g/mol. The number of aryl methyl sites for hydroxylation is 1. The molecular weight excluding hydrogens is 320 g/mol. The number of benzene rings is 1. The molecule has 0 radical (unpaired) electrons. The molecule has 134 valence electrons. The Balaban J connectivity index is 1.74. The third-order valence-corrected chi connectivity index (χ3v) is 5.17. The smallest absolute Gasteiger partial charge is 0.325 e. The minimum absolute atomic E-state index is 0.108. The molecule has 1 aromatic carbocycles. The topological polar surface area (TPSA) is 81.8 Å². The van der Waals surface area contributed by atoms with Crippen LogP contribution in [-0.2, 0) is 15.1 Å². The molecule has 4 amide bonds. The first-order valence-corrected chi connectivity index (χ1v) is 8.50. The summed E-state index contributed by atoms with van der Waals surface area (Å²) in [5.41, 5.74) is 0.640. The molecule has 2 saturated heterocycles. The van der Waals surface area contributed by atoms with E-state index in [0.29, 0.717) is 5.56 Å². The van der Waals surface area contributed by atoms with Crippen molar-refractivity contribution in [1.29, 1.82) is 0 Å². The van der Waals surface area contributed by atoms with Crippen molar-refractivity contribution >= 4 is 17.8 Å². The molecule has 2 fully saturated rings. The maximum Gasteiger partial charge on any atom is 0.325 e. The first kappa shape index (κ1) is 17.4. The van der Waals surface area contributed by atoms with E-state index in [1.165, 1.54) is 0 Å². The number of hydrogen-bond acceptors (Lipinski definition) is 4. The molecule has 2 aliphatic rings. The molecule has 2 unspecified atom stereocenters. The van der Waals surface area contributed by atoms with Crippen LogP contribution in [0.5, 0.6) is 0 Å². The summed E-state index contributed by atoms with van der Waals surface area (Å²) >= 11 is 0. The molecule has 7 nitrogen and oxygen atoms in total. The molecule has 7 heteroatoms. The highest BCUT2D eigenvalue weighted by Crippen LogP contribution is 2.29. The second-order valence-corrected chi connectivity index (χ2v) is 6.96. The van der Waals surface area contributed by atoms with E-state index in [1.807, 2.05) is 31.2 Å². The standard InChI is InChI=1S/C18H24N4O3/c1-12-4-6-13(7-5-12)18(2)16(24)22(17(25)20-18)11-15(23)21(3)14-8-9-19-10-14/h4-7,14,19H,8-11H2,1-3H3,(H,20,25). The second kappa shape index (κ2) is 6.48. The Morgan fingerprint density at radius 2 is 2.00 bits per heavy atom. The zero-order valence-electron chi connectivity index (χ0n) is 14.8. The maximum absolute atomic E-state index is 12.9. The predicted octanol–water partition coefficient (Wildman–Crippen LogP) is 0.582. The minimum Gasteiger partial charge on any atom is -0.340 e. The Morgan fingerprint density at radius 3 is 2.60 bits per heavy atom. The first-order chi connectivity index (χ1) is 11.8. The fourth-order valence-electron chi connectivity index (χ4n) is 3.34. The number of imide groups is 1. The van der Waals surface area contributed by atoms with Crippen LogP contribution in [0.25, 0.3) is 0 Å². The summed E-state index contributed by atoms with van der Waals surface area (Å²) in [5.74, 6) is -0.627. The molecule has 25 heavy (non-hydrogen) atoms. The van der Waals surface area contributed by atoms with Gasteiger partial charge < -0.3 is 15.5 Å². The largest absolute Gasteiger partial charge is 0.340 e. The van der Waals surface area contributed by atoms with Crippen molar-refractivity contribution in [3.63, 3.8) is 0 Å². The lowest BCUT2D eigenvalue weighted by molar-refractivity contribution is -0.139. The normalized spacial score (nSPS) is 26.0. The lowest BCUT2D eigenvalue weighted by atomic mass is 9.91. The van der Waals surface area contributed by atoms with Gasteiger partial charge in [0.25, 0.3) is 5.91 Å². The summed E-state index contributed by atoms with van der Waals surface area (Å²) in [7, 11) is 1.72. The Kier molecular flexibility index (Phi) is 4.51. The SMILES string of the molecule is Cc1ccc(C2(C)NC(=O)N(CC(=O)N(C)C3CCNC3)C2=O)cc1. The molecule has 2 atom stereocenters. The summed E-state index contributed by atoms with van der Waals surface area (Å²) in [5, 5.41) is 5.94. The zero-order chi connectivity index (χ0) is 18.2. The quantitative estimate of drug-likeness (QED) is 0.783. The van der Waals surface area contributed by atoms with E-state index in [2.05, 4.69) is 10.6 Å². The minimum atomic E-state index is -1.14. The molecule has 3 rings (SSSR count). The van der Waals surface area contributed by atoms with Gasteiger partial charge in [-0.3, -0.25) is 14.5 Å². The summed E-state index contributed by atoms with van der Waals surface area (Å²) in [4.78, 5) is 40.3. The lowest BCUT2D eigenvalue weighted by Crippen LogP contribution is -2.46. The van der Waals surface area contributed by atoms with E-state index >= 15 is 0 Å². The van der Waals surface area contributed by atoms with Crippen LogP contribution in [0.2, 0.25) is 0 Å². The number of rotatable bonds is 4. The van der Waals surface area contributed by atoms with E-state index in [4.69, 9.17) is 0 Å². The third-order valence-electron chi connectivity index (χ3n) is 5.17. The van der Waals surface area contributed by atoms with Gasteiger partial charge in [0.1, 0.15) is 12.1 Å². The fraction of sp³-hybridized carbons (Fsp3) is 0.500. The van der Waals surface area contributed by atoms with Crippen molar-refractivity contribution in [2.45, 2.75) is 31.8 Å². The van der Waals surface area contributed by atoms with Crippen LogP contribution in [0.3, 0.4) is 0 Å². The van der Waals surface area contributed by atoms with Gasteiger partial charge in [0.05, 0.1) is 0 Å². The molecule has 0 saturated carbocycles. The van der Waals surface area contributed by atoms with E-state index < -0.39 is 17.5 Å². The second-order valence-electron chi connectivity index (χ2n) is 6.96.